The second-order valence-electron chi connectivity index (χ2n) is 3.57. The molecule has 1 N–H and O–H groups in total. The van der Waals surface area contributed by atoms with Crippen LogP contribution in [0.2, 0.25) is 0 Å². The summed E-state index contributed by atoms with van der Waals surface area (Å²) in [5.74, 6) is 2.14. The highest BCUT2D eigenvalue weighted by molar-refractivity contribution is 5.47. The molecule has 0 saturated carbocycles. The van der Waals surface area contributed by atoms with Gasteiger partial charge < -0.3 is 14.6 Å². The topological polar surface area (TPSA) is 77.8 Å². The van der Waals surface area contributed by atoms with Crippen LogP contribution in [0.5, 0.6) is 5.88 Å². The van der Waals surface area contributed by atoms with E-state index in [2.05, 4.69) is 25.5 Å². The lowest BCUT2D eigenvalue weighted by molar-refractivity contribution is 0.393. The molecular weight excluding hydrogens is 220 g/mol. The summed E-state index contributed by atoms with van der Waals surface area (Å²) >= 11 is 0. The van der Waals surface area contributed by atoms with Gasteiger partial charge in [-0.2, -0.15) is 0 Å². The zero-order valence-corrected chi connectivity index (χ0v) is 10.0. The summed E-state index contributed by atoms with van der Waals surface area (Å²) in [5, 5.41) is 11.0. The number of ether oxygens (including phenoxy) is 1. The third-order valence-corrected chi connectivity index (χ3v) is 2.45. The Morgan fingerprint density at radius 1 is 1.41 bits per heavy atom. The van der Waals surface area contributed by atoms with Crippen molar-refractivity contribution in [3.63, 3.8) is 0 Å². The highest BCUT2D eigenvalue weighted by Gasteiger charge is 2.07. The summed E-state index contributed by atoms with van der Waals surface area (Å²) in [7, 11) is 3.48. The molecule has 2 rings (SSSR count). The van der Waals surface area contributed by atoms with E-state index in [9.17, 15) is 0 Å². The van der Waals surface area contributed by atoms with Gasteiger partial charge in [0.15, 0.2) is 5.82 Å². The number of nitrogens with one attached hydrogen (secondary N) is 1. The lowest BCUT2D eigenvalue weighted by Crippen LogP contribution is -2.08. The van der Waals surface area contributed by atoms with Crippen molar-refractivity contribution in [2.75, 3.05) is 12.4 Å². The summed E-state index contributed by atoms with van der Waals surface area (Å²) in [6, 6.07) is 0. The first-order chi connectivity index (χ1) is 8.22. The van der Waals surface area contributed by atoms with Crippen LogP contribution >= 0.6 is 0 Å². The largest absolute Gasteiger partial charge is 0.481 e. The maximum Gasteiger partial charge on any atom is 0.221 e. The Balaban J connectivity index is 2.12. The van der Waals surface area contributed by atoms with Gasteiger partial charge in [-0.1, -0.05) is 0 Å². The van der Waals surface area contributed by atoms with Gasteiger partial charge in [0.05, 0.1) is 19.2 Å². The molecule has 90 valence electrons. The second-order valence-corrected chi connectivity index (χ2v) is 3.57. The fourth-order valence-electron chi connectivity index (χ4n) is 1.45. The molecule has 0 spiro atoms. The fourth-order valence-corrected chi connectivity index (χ4v) is 1.45. The Morgan fingerprint density at radius 2 is 2.24 bits per heavy atom. The van der Waals surface area contributed by atoms with Crippen molar-refractivity contribution in [1.29, 1.82) is 0 Å². The van der Waals surface area contributed by atoms with Crippen LogP contribution < -0.4 is 10.1 Å². The zero-order valence-electron chi connectivity index (χ0n) is 10.0. The third-order valence-electron chi connectivity index (χ3n) is 2.45. The molecule has 7 nitrogen and oxygen atoms in total. The molecule has 0 aliphatic heterocycles. The summed E-state index contributed by atoms with van der Waals surface area (Å²) in [6.45, 7) is 2.45. The molecule has 17 heavy (non-hydrogen) atoms. The fraction of sp³-hybridized carbons (Fsp3) is 0.400. The van der Waals surface area contributed by atoms with Gasteiger partial charge in [-0.15, -0.1) is 10.2 Å². The van der Waals surface area contributed by atoms with Crippen molar-refractivity contribution >= 4 is 5.82 Å². The van der Waals surface area contributed by atoms with Crippen LogP contribution in [0.4, 0.5) is 5.82 Å². The number of aromatic nitrogens is 5. The molecule has 2 aromatic rings. The maximum absolute atomic E-state index is 5.12. The van der Waals surface area contributed by atoms with Gasteiger partial charge in [0.2, 0.25) is 5.88 Å². The Kier molecular flexibility index (Phi) is 3.17. The van der Waals surface area contributed by atoms with E-state index in [-0.39, 0.29) is 0 Å². The number of hydrogen-bond donors (Lipinski definition) is 1. The molecule has 0 aromatic carbocycles. The van der Waals surface area contributed by atoms with Gasteiger partial charge in [0.1, 0.15) is 18.5 Å². The number of methoxy groups -OCH3 is 1. The molecular formula is C10H14N6O. The predicted molar refractivity (Wildman–Crippen MR) is 61.7 cm³/mol. The highest BCUT2D eigenvalue weighted by Crippen LogP contribution is 2.19. The quantitative estimate of drug-likeness (QED) is 0.831. The first-order valence-electron chi connectivity index (χ1n) is 5.14. The molecule has 0 atom stereocenters. The first-order valence-corrected chi connectivity index (χ1v) is 5.14. The predicted octanol–water partition coefficient (Wildman–Crippen LogP) is 0.534. The van der Waals surface area contributed by atoms with Crippen LogP contribution in [0.25, 0.3) is 0 Å². The van der Waals surface area contributed by atoms with Gasteiger partial charge in [-0.3, -0.25) is 0 Å². The van der Waals surface area contributed by atoms with Gasteiger partial charge in [0, 0.05) is 7.05 Å². The van der Waals surface area contributed by atoms with Crippen LogP contribution in [0, 0.1) is 6.92 Å². The molecule has 0 bridgehead atoms. The number of nitrogens with zero attached hydrogens (tertiary/aromatic N) is 5. The highest BCUT2D eigenvalue weighted by atomic mass is 16.5. The van der Waals surface area contributed by atoms with E-state index in [1.165, 1.54) is 6.33 Å². The van der Waals surface area contributed by atoms with Crippen molar-refractivity contribution in [2.45, 2.75) is 13.5 Å². The van der Waals surface area contributed by atoms with Crippen LogP contribution in [-0.2, 0) is 13.6 Å². The van der Waals surface area contributed by atoms with E-state index in [1.807, 2.05) is 18.5 Å². The van der Waals surface area contributed by atoms with Crippen LogP contribution in [0.15, 0.2) is 12.7 Å². The van der Waals surface area contributed by atoms with E-state index >= 15 is 0 Å². The van der Waals surface area contributed by atoms with Crippen molar-refractivity contribution in [2.24, 2.45) is 7.05 Å². The molecule has 0 radical (unpaired) electrons. The van der Waals surface area contributed by atoms with Crippen molar-refractivity contribution in [1.82, 2.24) is 24.7 Å². The zero-order chi connectivity index (χ0) is 12.3. The summed E-state index contributed by atoms with van der Waals surface area (Å²) in [6.07, 6.45) is 3.12. The normalized spacial score (nSPS) is 10.3. The molecule has 0 fully saturated rings. The molecule has 0 amide bonds. The lowest BCUT2D eigenvalue weighted by Gasteiger charge is -2.09. The average molecular weight is 234 g/mol. The maximum atomic E-state index is 5.12. The monoisotopic (exact) mass is 234 g/mol. The van der Waals surface area contributed by atoms with Crippen molar-refractivity contribution in [3.8, 4) is 5.88 Å². The van der Waals surface area contributed by atoms with Crippen molar-refractivity contribution < 1.29 is 4.74 Å². The number of hydrogen-bond acceptors (Lipinski definition) is 6. The lowest BCUT2D eigenvalue weighted by atomic mass is 10.3. The summed E-state index contributed by atoms with van der Waals surface area (Å²) in [4.78, 5) is 8.17. The molecule has 0 unspecified atom stereocenters. The van der Waals surface area contributed by atoms with Crippen LogP contribution in [0.3, 0.4) is 0 Å². The Labute approximate surface area is 98.9 Å². The standard InChI is InChI=1S/C10H14N6O/c1-7-9(12-5-13-10(7)17-3)11-4-8-15-14-6-16(8)2/h5-6H,4H2,1-3H3,(H,11,12,13). The SMILES string of the molecule is COc1ncnc(NCc2nncn2C)c1C. The minimum Gasteiger partial charge on any atom is -0.481 e. The van der Waals surface area contributed by atoms with E-state index < -0.39 is 0 Å². The molecule has 0 aliphatic rings. The van der Waals surface area contributed by atoms with Gasteiger partial charge >= 0.3 is 0 Å². The Hall–Kier alpha value is -2.18. The van der Waals surface area contributed by atoms with E-state index in [1.54, 1.807) is 13.4 Å². The summed E-state index contributed by atoms with van der Waals surface area (Å²) in [5.41, 5.74) is 0.872. The van der Waals surface area contributed by atoms with Crippen LogP contribution in [0.1, 0.15) is 11.4 Å². The molecule has 2 aromatic heterocycles. The van der Waals surface area contributed by atoms with E-state index in [4.69, 9.17) is 4.74 Å². The second kappa shape index (κ2) is 4.77. The smallest absolute Gasteiger partial charge is 0.221 e. The summed E-state index contributed by atoms with van der Waals surface area (Å²) < 4.78 is 6.97. The van der Waals surface area contributed by atoms with Crippen molar-refractivity contribution in [3.05, 3.63) is 24.0 Å². The Bertz CT molecular complexity index is 509. The van der Waals surface area contributed by atoms with Gasteiger partial charge in [-0.25, -0.2) is 9.97 Å². The number of anilines is 1. The molecule has 0 aliphatic carbocycles. The minimum absolute atomic E-state index is 0.553. The van der Waals surface area contributed by atoms with E-state index in [0.29, 0.717) is 12.4 Å². The first kappa shape index (κ1) is 11.3. The average Bonchev–Trinajstić information content (AvgIpc) is 2.74. The van der Waals surface area contributed by atoms with Gasteiger partial charge in [-0.05, 0) is 6.92 Å². The number of aryl methyl sites for hydroxylation is 1. The molecule has 7 heteroatoms. The van der Waals surface area contributed by atoms with Crippen LogP contribution in [-0.4, -0.2) is 31.8 Å². The Morgan fingerprint density at radius 3 is 2.88 bits per heavy atom. The molecule has 2 heterocycles. The molecule has 0 saturated heterocycles. The third kappa shape index (κ3) is 2.32. The van der Waals surface area contributed by atoms with Gasteiger partial charge in [0.25, 0.3) is 0 Å². The van der Waals surface area contributed by atoms with E-state index in [0.717, 1.165) is 17.2 Å². The minimum atomic E-state index is 0.553. The number of rotatable bonds is 4.